The Kier molecular flexibility index (Phi) is 40.0. The molecule has 56 heavy (non-hydrogen) atoms. The molecule has 0 radical (unpaired) electrons. The van der Waals surface area contributed by atoms with Gasteiger partial charge in [0.15, 0.2) is 0 Å². The van der Waals surface area contributed by atoms with Crippen LogP contribution < -0.4 is 5.73 Å². The van der Waals surface area contributed by atoms with Gasteiger partial charge in [-0.1, -0.05) is 166 Å². The van der Waals surface area contributed by atoms with Crippen molar-refractivity contribution in [3.63, 3.8) is 0 Å². The third-order valence-electron chi connectivity index (χ3n) is 9.64. The van der Waals surface area contributed by atoms with Crippen molar-refractivity contribution in [1.29, 1.82) is 0 Å². The number of hydrogen-bond donors (Lipinski definition) is 3. The number of aliphatic carboxylic acids is 1. The molecule has 0 aromatic heterocycles. The van der Waals surface area contributed by atoms with Crippen LogP contribution in [0, 0.1) is 0 Å². The Hall–Kier alpha value is -1.81. The van der Waals surface area contributed by atoms with Gasteiger partial charge in [-0.3, -0.25) is 18.6 Å². The molecule has 0 heterocycles. The maximum absolute atomic E-state index is 12.6. The van der Waals surface area contributed by atoms with Gasteiger partial charge < -0.3 is 25.2 Å². The summed E-state index contributed by atoms with van der Waals surface area (Å²) in [6, 6.07) is -1.47. The Bertz CT molecular complexity index is 1040. The van der Waals surface area contributed by atoms with Crippen LogP contribution in [0.3, 0.4) is 0 Å². The first kappa shape index (κ1) is 54.2. The first-order valence-electron chi connectivity index (χ1n) is 22.5. The number of hydrogen-bond acceptors (Lipinski definition) is 8. The lowest BCUT2D eigenvalue weighted by Gasteiger charge is -2.20. The first-order valence-corrected chi connectivity index (χ1v) is 24.0. The molecule has 328 valence electrons. The first-order chi connectivity index (χ1) is 27.2. The molecule has 10 nitrogen and oxygen atoms in total. The summed E-state index contributed by atoms with van der Waals surface area (Å²) in [5.41, 5.74) is 5.36. The number of esters is 1. The fourth-order valence-corrected chi connectivity index (χ4v) is 6.86. The molecule has 0 fully saturated rings. The van der Waals surface area contributed by atoms with Gasteiger partial charge >= 0.3 is 19.8 Å². The third-order valence-corrected chi connectivity index (χ3v) is 10.6. The number of phosphoric ester groups is 1. The number of carboxylic acids is 1. The molecule has 0 aromatic rings. The summed E-state index contributed by atoms with van der Waals surface area (Å²) in [6.07, 6.45) is 46.2. The van der Waals surface area contributed by atoms with Gasteiger partial charge in [-0.2, -0.15) is 0 Å². The summed E-state index contributed by atoms with van der Waals surface area (Å²) >= 11 is 0. The lowest BCUT2D eigenvalue weighted by molar-refractivity contribution is -0.154. The Balaban J connectivity index is 4.22. The van der Waals surface area contributed by atoms with E-state index in [9.17, 15) is 19.0 Å². The van der Waals surface area contributed by atoms with Crippen LogP contribution in [0.1, 0.15) is 200 Å². The molecule has 0 spiro atoms. The highest BCUT2D eigenvalue weighted by atomic mass is 31.2. The van der Waals surface area contributed by atoms with E-state index in [1.807, 2.05) is 0 Å². The molecule has 0 rings (SSSR count). The fraction of sp³-hybridized carbons (Fsp3) is 0.822. The number of carbonyl (C=O) groups is 2. The van der Waals surface area contributed by atoms with E-state index in [1.54, 1.807) is 0 Å². The summed E-state index contributed by atoms with van der Waals surface area (Å²) in [5, 5.41) is 8.90. The zero-order valence-electron chi connectivity index (χ0n) is 35.7. The molecule has 11 heteroatoms. The van der Waals surface area contributed by atoms with Gasteiger partial charge in [0.2, 0.25) is 0 Å². The lowest BCUT2D eigenvalue weighted by atomic mass is 10.1. The molecule has 0 aliphatic rings. The summed E-state index contributed by atoms with van der Waals surface area (Å²) in [7, 11) is -4.62. The largest absolute Gasteiger partial charge is 0.480 e. The molecule has 3 unspecified atom stereocenters. The molecular formula is C45H84NO9P. The summed E-state index contributed by atoms with van der Waals surface area (Å²) in [6.45, 7) is 3.82. The van der Waals surface area contributed by atoms with Crippen molar-refractivity contribution in [2.24, 2.45) is 5.73 Å². The zero-order chi connectivity index (χ0) is 41.2. The van der Waals surface area contributed by atoms with Gasteiger partial charge in [0.05, 0.1) is 19.8 Å². The van der Waals surface area contributed by atoms with Crippen molar-refractivity contribution in [2.75, 3.05) is 26.4 Å². The lowest BCUT2D eigenvalue weighted by Crippen LogP contribution is -2.34. The van der Waals surface area contributed by atoms with E-state index in [0.29, 0.717) is 13.0 Å². The van der Waals surface area contributed by atoms with E-state index in [4.69, 9.17) is 29.4 Å². The van der Waals surface area contributed by atoms with Gasteiger partial charge in [-0.05, 0) is 64.2 Å². The van der Waals surface area contributed by atoms with Crippen LogP contribution in [0.25, 0.3) is 0 Å². The highest BCUT2D eigenvalue weighted by Gasteiger charge is 2.27. The highest BCUT2D eigenvalue weighted by molar-refractivity contribution is 7.47. The van der Waals surface area contributed by atoms with Crippen molar-refractivity contribution in [3.05, 3.63) is 36.5 Å². The number of phosphoric acid groups is 1. The molecular weight excluding hydrogens is 729 g/mol. The quantitative estimate of drug-likeness (QED) is 0.0234. The van der Waals surface area contributed by atoms with E-state index >= 15 is 0 Å². The van der Waals surface area contributed by atoms with Crippen molar-refractivity contribution in [3.8, 4) is 0 Å². The fourth-order valence-electron chi connectivity index (χ4n) is 6.09. The Morgan fingerprint density at radius 2 is 1.00 bits per heavy atom. The maximum Gasteiger partial charge on any atom is 0.472 e. The predicted molar refractivity (Wildman–Crippen MR) is 231 cm³/mol. The number of unbranched alkanes of at least 4 members (excludes halogenated alkanes) is 23. The molecule has 0 saturated heterocycles. The molecule has 4 N–H and O–H groups in total. The second kappa shape index (κ2) is 41.4. The maximum atomic E-state index is 12.6. The molecule has 0 amide bonds. The zero-order valence-corrected chi connectivity index (χ0v) is 36.6. The Labute approximate surface area is 342 Å². The number of rotatable bonds is 43. The average molecular weight is 814 g/mol. The smallest absolute Gasteiger partial charge is 0.472 e. The third kappa shape index (κ3) is 40.4. The van der Waals surface area contributed by atoms with E-state index in [-0.39, 0.29) is 13.0 Å². The van der Waals surface area contributed by atoms with Crippen LogP contribution in [0.5, 0.6) is 0 Å². The van der Waals surface area contributed by atoms with E-state index < -0.39 is 45.1 Å². The minimum atomic E-state index is -4.62. The van der Waals surface area contributed by atoms with Crippen molar-refractivity contribution < 1.29 is 42.7 Å². The second-order valence-corrected chi connectivity index (χ2v) is 16.6. The van der Waals surface area contributed by atoms with Crippen LogP contribution >= 0.6 is 7.82 Å². The minimum Gasteiger partial charge on any atom is -0.480 e. The van der Waals surface area contributed by atoms with Crippen LogP contribution in [0.15, 0.2) is 36.5 Å². The van der Waals surface area contributed by atoms with Crippen LogP contribution in [-0.2, 0) is 32.7 Å². The number of nitrogens with two attached hydrogens (primary N) is 1. The normalized spacial score (nSPS) is 14.2. The minimum absolute atomic E-state index is 0.00991. The van der Waals surface area contributed by atoms with Gasteiger partial charge in [-0.25, -0.2) is 4.57 Å². The van der Waals surface area contributed by atoms with Crippen LogP contribution in [0.4, 0.5) is 0 Å². The van der Waals surface area contributed by atoms with Crippen LogP contribution in [-0.4, -0.2) is 60.5 Å². The van der Waals surface area contributed by atoms with Crippen molar-refractivity contribution in [2.45, 2.75) is 212 Å². The average Bonchev–Trinajstić information content (AvgIpc) is 3.18. The van der Waals surface area contributed by atoms with E-state index in [0.717, 1.165) is 51.4 Å². The SMILES string of the molecule is CCCC/C=C\C/C=C\CCCCCCCCOCC(COP(=O)(O)OCC(N)C(=O)O)OC(=O)CCCCCCCCCCC/C=C\CCCCCCCC. The molecule has 3 atom stereocenters. The molecule has 0 aliphatic heterocycles. The number of allylic oxidation sites excluding steroid dienone is 6. The second-order valence-electron chi connectivity index (χ2n) is 15.2. The topological polar surface area (TPSA) is 155 Å². The summed E-state index contributed by atoms with van der Waals surface area (Å²) < 4.78 is 33.4. The Morgan fingerprint density at radius 3 is 1.52 bits per heavy atom. The van der Waals surface area contributed by atoms with E-state index in [2.05, 4.69) is 50.3 Å². The van der Waals surface area contributed by atoms with Crippen molar-refractivity contribution in [1.82, 2.24) is 0 Å². The summed E-state index contributed by atoms with van der Waals surface area (Å²) in [5.74, 6) is -1.78. The monoisotopic (exact) mass is 814 g/mol. The van der Waals surface area contributed by atoms with Gasteiger partial charge in [0, 0.05) is 13.0 Å². The highest BCUT2D eigenvalue weighted by Crippen LogP contribution is 2.43. The van der Waals surface area contributed by atoms with Gasteiger partial charge in [0.1, 0.15) is 12.1 Å². The van der Waals surface area contributed by atoms with Crippen molar-refractivity contribution >= 4 is 19.8 Å². The number of carboxylic acid groups (broad SMARTS) is 1. The number of ether oxygens (including phenoxy) is 2. The molecule has 0 saturated carbocycles. The van der Waals surface area contributed by atoms with Crippen LogP contribution in [0.2, 0.25) is 0 Å². The van der Waals surface area contributed by atoms with Gasteiger partial charge in [-0.15, -0.1) is 0 Å². The van der Waals surface area contributed by atoms with E-state index in [1.165, 1.54) is 122 Å². The number of carbonyl (C=O) groups excluding carboxylic acids is 1. The molecule has 0 aromatic carbocycles. The predicted octanol–water partition coefficient (Wildman–Crippen LogP) is 12.5. The molecule has 0 bridgehead atoms. The summed E-state index contributed by atoms with van der Waals surface area (Å²) in [4.78, 5) is 33.6. The Morgan fingerprint density at radius 1 is 0.571 bits per heavy atom. The van der Waals surface area contributed by atoms with Gasteiger partial charge in [0.25, 0.3) is 0 Å². The molecule has 0 aliphatic carbocycles. The standard InChI is InChI=1S/C45H84NO9P/c1-3-5-7-9-11-13-15-17-19-20-21-22-23-25-27-29-31-33-35-37-44(47)55-42(40-53-56(50,51)54-41-43(46)45(48)49)39-52-38-36-34-32-30-28-26-24-18-16-14-12-10-8-6-4-2/h10,12,16-19,42-43H,3-9,11,13-15,20-41,46H2,1-2H3,(H,48,49)(H,50,51)/b12-10-,18-16-,19-17-.